The fourth-order valence-corrected chi connectivity index (χ4v) is 2.97. The maximum Gasteiger partial charge on any atom is 0.320 e. The van der Waals surface area contributed by atoms with E-state index in [2.05, 4.69) is 25.9 Å². The van der Waals surface area contributed by atoms with Crippen LogP contribution in [0.25, 0.3) is 11.3 Å². The minimum absolute atomic E-state index is 0.294. The van der Waals surface area contributed by atoms with Crippen molar-refractivity contribution in [3.05, 3.63) is 35.1 Å². The molecule has 0 atom stereocenters. The van der Waals surface area contributed by atoms with Crippen molar-refractivity contribution in [1.29, 1.82) is 0 Å². The van der Waals surface area contributed by atoms with E-state index < -0.39 is 0 Å². The Labute approximate surface area is 149 Å². The minimum Gasteiger partial charge on any atom is -0.349 e. The number of benzene rings is 1. The maximum absolute atomic E-state index is 13.5. The van der Waals surface area contributed by atoms with Crippen LogP contribution in [0.2, 0.25) is 0 Å². The zero-order chi connectivity index (χ0) is 18.1. The molecule has 1 aromatic carbocycles. The highest BCUT2D eigenvalue weighted by molar-refractivity contribution is 5.93. The third-order valence-corrected chi connectivity index (χ3v) is 4.23. The van der Waals surface area contributed by atoms with Gasteiger partial charge in [0.1, 0.15) is 11.6 Å². The van der Waals surface area contributed by atoms with Crippen LogP contribution in [0.1, 0.15) is 11.1 Å². The Bertz CT molecular complexity index is 855. The number of anilines is 2. The zero-order valence-electron chi connectivity index (χ0n) is 14.1. The first-order chi connectivity index (χ1) is 12.6. The number of amides is 2. The summed E-state index contributed by atoms with van der Waals surface area (Å²) < 4.78 is 24.3. The number of aromatic nitrogens is 2. The van der Waals surface area contributed by atoms with Gasteiger partial charge in [0.05, 0.1) is 32.0 Å². The van der Waals surface area contributed by atoms with Gasteiger partial charge in [0.2, 0.25) is 5.95 Å². The molecule has 1 fully saturated rings. The first kappa shape index (κ1) is 16.7. The number of hydrogen-bond acceptors (Lipinski definition) is 6. The van der Waals surface area contributed by atoms with Gasteiger partial charge < -0.3 is 20.1 Å². The summed E-state index contributed by atoms with van der Waals surface area (Å²) in [7, 11) is 0. The van der Waals surface area contributed by atoms with Crippen LogP contribution in [0, 0.1) is 12.7 Å². The van der Waals surface area contributed by atoms with Crippen molar-refractivity contribution in [3.8, 4) is 11.3 Å². The lowest BCUT2D eigenvalue weighted by Crippen LogP contribution is -2.35. The van der Waals surface area contributed by atoms with Crippen molar-refractivity contribution in [2.24, 2.45) is 0 Å². The Balaban J connectivity index is 1.71. The van der Waals surface area contributed by atoms with E-state index in [1.807, 2.05) is 6.92 Å². The highest BCUT2D eigenvalue weighted by Gasteiger charge is 2.23. The molecule has 0 aliphatic carbocycles. The quantitative estimate of drug-likeness (QED) is 0.773. The fraction of sp³-hybridized carbons (Fsp3) is 0.353. The van der Waals surface area contributed by atoms with E-state index in [1.54, 1.807) is 6.07 Å². The number of hydrogen-bond donors (Lipinski definition) is 3. The van der Waals surface area contributed by atoms with Gasteiger partial charge in [-0.25, -0.2) is 14.2 Å². The zero-order valence-corrected chi connectivity index (χ0v) is 14.1. The van der Waals surface area contributed by atoms with E-state index in [0.717, 1.165) is 16.7 Å². The number of ether oxygens (including phenoxy) is 2. The SMILES string of the molecule is Cc1cc(F)ccc1-c1nc(NCC2OCCO2)nc2c1CNC(=O)N2. The lowest BCUT2D eigenvalue weighted by Gasteiger charge is -2.22. The molecular formula is C17H18FN5O3. The number of carbonyl (C=O) groups excluding carboxylic acids is 1. The molecule has 9 heteroatoms. The maximum atomic E-state index is 13.5. The number of fused-ring (bicyclic) bond motifs is 1. The van der Waals surface area contributed by atoms with Crippen LogP contribution >= 0.6 is 0 Å². The summed E-state index contributed by atoms with van der Waals surface area (Å²) in [5, 5.41) is 8.48. The molecule has 1 saturated heterocycles. The van der Waals surface area contributed by atoms with E-state index in [1.165, 1.54) is 12.1 Å². The largest absolute Gasteiger partial charge is 0.349 e. The van der Waals surface area contributed by atoms with Crippen LogP contribution in [0.4, 0.5) is 21.0 Å². The molecule has 3 N–H and O–H groups in total. The third-order valence-electron chi connectivity index (χ3n) is 4.23. The van der Waals surface area contributed by atoms with Crippen molar-refractivity contribution in [3.63, 3.8) is 0 Å². The molecule has 2 amide bonds. The molecule has 0 unspecified atom stereocenters. The molecule has 2 aliphatic heterocycles. The van der Waals surface area contributed by atoms with Crippen LogP contribution in [-0.2, 0) is 16.0 Å². The Kier molecular flexibility index (Phi) is 4.39. The Morgan fingerprint density at radius 2 is 2.12 bits per heavy atom. The fourth-order valence-electron chi connectivity index (χ4n) is 2.97. The van der Waals surface area contributed by atoms with E-state index >= 15 is 0 Å². The summed E-state index contributed by atoms with van der Waals surface area (Å²) in [4.78, 5) is 20.6. The monoisotopic (exact) mass is 359 g/mol. The minimum atomic E-state index is -0.359. The van der Waals surface area contributed by atoms with Gasteiger partial charge in [0.25, 0.3) is 0 Å². The van der Waals surface area contributed by atoms with Crippen LogP contribution in [-0.4, -0.2) is 42.0 Å². The average Bonchev–Trinajstić information content (AvgIpc) is 3.12. The molecule has 0 radical (unpaired) electrons. The number of nitrogens with zero attached hydrogens (tertiary/aromatic N) is 2. The van der Waals surface area contributed by atoms with Crippen molar-refractivity contribution < 1.29 is 18.7 Å². The van der Waals surface area contributed by atoms with Crippen molar-refractivity contribution >= 4 is 17.8 Å². The van der Waals surface area contributed by atoms with Crippen molar-refractivity contribution in [2.75, 3.05) is 30.4 Å². The molecule has 2 aromatic rings. The molecule has 26 heavy (non-hydrogen) atoms. The number of urea groups is 1. The molecule has 3 heterocycles. The topological polar surface area (TPSA) is 97.4 Å². The summed E-state index contributed by atoms with van der Waals surface area (Å²) in [5.74, 6) is 0.455. The third kappa shape index (κ3) is 3.31. The molecule has 2 aliphatic rings. The van der Waals surface area contributed by atoms with Crippen LogP contribution in [0.15, 0.2) is 18.2 Å². The lowest BCUT2D eigenvalue weighted by atomic mass is 10.0. The van der Waals surface area contributed by atoms with Gasteiger partial charge in [-0.3, -0.25) is 5.32 Å². The number of halogens is 1. The van der Waals surface area contributed by atoms with Gasteiger partial charge in [0.15, 0.2) is 6.29 Å². The van der Waals surface area contributed by atoms with Gasteiger partial charge in [-0.15, -0.1) is 0 Å². The van der Waals surface area contributed by atoms with Gasteiger partial charge in [0, 0.05) is 11.1 Å². The van der Waals surface area contributed by atoms with Crippen molar-refractivity contribution in [2.45, 2.75) is 19.8 Å². The molecule has 0 spiro atoms. The lowest BCUT2D eigenvalue weighted by molar-refractivity contribution is -0.0300. The second-order valence-electron chi connectivity index (χ2n) is 6.04. The highest BCUT2D eigenvalue weighted by Crippen LogP contribution is 2.31. The van der Waals surface area contributed by atoms with Gasteiger partial charge in [-0.1, -0.05) is 0 Å². The summed E-state index contributed by atoms with van der Waals surface area (Å²) in [5.41, 5.74) is 2.91. The normalized spacial score (nSPS) is 16.8. The molecule has 1 aromatic heterocycles. The number of aryl methyl sites for hydroxylation is 1. The Morgan fingerprint density at radius 3 is 2.88 bits per heavy atom. The Morgan fingerprint density at radius 1 is 1.31 bits per heavy atom. The second-order valence-corrected chi connectivity index (χ2v) is 6.04. The summed E-state index contributed by atoms with van der Waals surface area (Å²) in [6, 6.07) is 4.19. The van der Waals surface area contributed by atoms with E-state index in [-0.39, 0.29) is 18.1 Å². The van der Waals surface area contributed by atoms with Gasteiger partial charge in [-0.05, 0) is 30.7 Å². The predicted octanol–water partition coefficient (Wildman–Crippen LogP) is 2.01. The predicted molar refractivity (Wildman–Crippen MR) is 92.2 cm³/mol. The van der Waals surface area contributed by atoms with Gasteiger partial charge in [-0.2, -0.15) is 4.98 Å². The van der Waals surface area contributed by atoms with Crippen molar-refractivity contribution in [1.82, 2.24) is 15.3 Å². The second kappa shape index (κ2) is 6.85. The van der Waals surface area contributed by atoms with Gasteiger partial charge >= 0.3 is 6.03 Å². The summed E-state index contributed by atoms with van der Waals surface area (Å²) in [6.07, 6.45) is -0.359. The summed E-state index contributed by atoms with van der Waals surface area (Å²) >= 11 is 0. The molecule has 4 rings (SSSR count). The Hall–Kier alpha value is -2.78. The molecule has 0 saturated carbocycles. The highest BCUT2D eigenvalue weighted by atomic mass is 19.1. The molecule has 0 bridgehead atoms. The summed E-state index contributed by atoms with van der Waals surface area (Å²) in [6.45, 7) is 3.60. The van der Waals surface area contributed by atoms with E-state index in [0.29, 0.717) is 43.8 Å². The van der Waals surface area contributed by atoms with Crippen LogP contribution < -0.4 is 16.0 Å². The van der Waals surface area contributed by atoms with E-state index in [4.69, 9.17) is 9.47 Å². The number of nitrogens with one attached hydrogen (secondary N) is 3. The standard InChI is InChI=1S/C17H18FN5O3/c1-9-6-10(18)2-3-11(9)14-12-7-20-17(24)23-15(12)22-16(21-14)19-8-13-25-4-5-26-13/h2-3,6,13H,4-5,7-8H2,1H3,(H3,19,20,21,22,23,24). The van der Waals surface area contributed by atoms with Crippen LogP contribution in [0.3, 0.4) is 0 Å². The molecule has 136 valence electrons. The first-order valence-electron chi connectivity index (χ1n) is 8.29. The molecular weight excluding hydrogens is 341 g/mol. The first-order valence-corrected chi connectivity index (χ1v) is 8.29. The smallest absolute Gasteiger partial charge is 0.320 e. The number of rotatable bonds is 4. The molecule has 8 nitrogen and oxygen atoms in total. The number of carbonyl (C=O) groups is 1. The average molecular weight is 359 g/mol. The van der Waals surface area contributed by atoms with Crippen LogP contribution in [0.5, 0.6) is 0 Å². The van der Waals surface area contributed by atoms with E-state index in [9.17, 15) is 9.18 Å².